The molecule has 3 rings (SSSR count). The molecule has 148 valence electrons. The quantitative estimate of drug-likeness (QED) is 0.714. The smallest absolute Gasteiger partial charge is 0.238 e. The summed E-state index contributed by atoms with van der Waals surface area (Å²) in [5.41, 5.74) is 1.58. The Hall–Kier alpha value is -2.00. The molecule has 1 N–H and O–H groups in total. The van der Waals surface area contributed by atoms with Crippen molar-refractivity contribution < 1.29 is 13.2 Å². The van der Waals surface area contributed by atoms with E-state index >= 15 is 0 Å². The zero-order valence-electron chi connectivity index (χ0n) is 15.3. The maximum atomic E-state index is 12.5. The van der Waals surface area contributed by atoms with E-state index in [9.17, 15) is 13.2 Å². The molecule has 2 aromatic rings. The molecular formula is C20H22BrN3O3S. The molecule has 0 unspecified atom stereocenters. The molecule has 0 spiro atoms. The highest BCUT2D eigenvalue weighted by molar-refractivity contribution is 9.10. The van der Waals surface area contributed by atoms with E-state index in [1.165, 1.54) is 9.71 Å². The summed E-state index contributed by atoms with van der Waals surface area (Å²) in [6.45, 7) is 2.02. The van der Waals surface area contributed by atoms with E-state index in [1.807, 2.05) is 59.5 Å². The SMILES string of the molecule is O=C(CN1CCN(S(=O)(=O)C=Cc2ccccc2)CC1)Nc1ccc(Br)cc1. The van der Waals surface area contributed by atoms with Crippen LogP contribution in [-0.2, 0) is 14.8 Å². The summed E-state index contributed by atoms with van der Waals surface area (Å²) in [5, 5.41) is 4.10. The van der Waals surface area contributed by atoms with Gasteiger partial charge in [-0.1, -0.05) is 46.3 Å². The Labute approximate surface area is 174 Å². The molecule has 0 atom stereocenters. The van der Waals surface area contributed by atoms with E-state index in [0.717, 1.165) is 15.7 Å². The van der Waals surface area contributed by atoms with E-state index in [-0.39, 0.29) is 12.5 Å². The molecule has 1 saturated heterocycles. The van der Waals surface area contributed by atoms with Gasteiger partial charge in [0.05, 0.1) is 6.54 Å². The number of anilines is 1. The third kappa shape index (κ3) is 6.00. The second-order valence-electron chi connectivity index (χ2n) is 6.49. The number of carbonyl (C=O) groups excluding carboxylic acids is 1. The number of benzene rings is 2. The van der Waals surface area contributed by atoms with Crippen molar-refractivity contribution in [3.05, 3.63) is 70.0 Å². The molecule has 0 saturated carbocycles. The fourth-order valence-electron chi connectivity index (χ4n) is 2.89. The average molecular weight is 464 g/mol. The monoisotopic (exact) mass is 463 g/mol. The average Bonchev–Trinajstić information content (AvgIpc) is 2.69. The Balaban J connectivity index is 1.49. The van der Waals surface area contributed by atoms with E-state index in [0.29, 0.717) is 26.2 Å². The summed E-state index contributed by atoms with van der Waals surface area (Å²) in [7, 11) is -3.46. The van der Waals surface area contributed by atoms with E-state index in [4.69, 9.17) is 0 Å². The van der Waals surface area contributed by atoms with Gasteiger partial charge in [0.1, 0.15) is 0 Å². The van der Waals surface area contributed by atoms with Crippen molar-refractivity contribution >= 4 is 43.6 Å². The van der Waals surface area contributed by atoms with Crippen LogP contribution in [0.25, 0.3) is 6.08 Å². The first-order valence-electron chi connectivity index (χ1n) is 8.93. The van der Waals surface area contributed by atoms with Crippen LogP contribution < -0.4 is 5.32 Å². The van der Waals surface area contributed by atoms with Crippen LogP contribution >= 0.6 is 15.9 Å². The third-order valence-electron chi connectivity index (χ3n) is 4.42. The molecule has 6 nitrogen and oxygen atoms in total. The maximum Gasteiger partial charge on any atom is 0.238 e. The Morgan fingerprint density at radius 1 is 1.00 bits per heavy atom. The van der Waals surface area contributed by atoms with Crippen molar-refractivity contribution in [2.24, 2.45) is 0 Å². The minimum absolute atomic E-state index is 0.109. The van der Waals surface area contributed by atoms with Gasteiger partial charge in [-0.3, -0.25) is 9.69 Å². The fraction of sp³-hybridized carbons (Fsp3) is 0.250. The van der Waals surface area contributed by atoms with Crippen molar-refractivity contribution in [3.8, 4) is 0 Å². The van der Waals surface area contributed by atoms with Gasteiger partial charge in [0, 0.05) is 41.7 Å². The number of amides is 1. The molecule has 1 aliphatic rings. The standard InChI is InChI=1S/C20H22BrN3O3S/c21-18-6-8-19(9-7-18)22-20(25)16-23-11-13-24(14-12-23)28(26,27)15-10-17-4-2-1-3-5-17/h1-10,15H,11-14,16H2,(H,22,25). The molecule has 28 heavy (non-hydrogen) atoms. The van der Waals surface area contributed by atoms with Gasteiger partial charge in [-0.05, 0) is 35.9 Å². The number of carbonyl (C=O) groups is 1. The minimum atomic E-state index is -3.46. The Kier molecular flexibility index (Phi) is 7.01. The van der Waals surface area contributed by atoms with Crippen LogP contribution in [0.4, 0.5) is 5.69 Å². The normalized spacial score (nSPS) is 16.3. The molecule has 1 fully saturated rings. The molecule has 8 heteroatoms. The molecule has 0 aromatic heterocycles. The Morgan fingerprint density at radius 2 is 1.64 bits per heavy atom. The molecule has 0 radical (unpaired) electrons. The van der Waals surface area contributed by atoms with Crippen molar-refractivity contribution in [2.45, 2.75) is 0 Å². The molecule has 0 bridgehead atoms. The second-order valence-corrected chi connectivity index (χ2v) is 9.22. The number of halogens is 1. The third-order valence-corrected chi connectivity index (χ3v) is 6.51. The van der Waals surface area contributed by atoms with E-state index in [1.54, 1.807) is 6.08 Å². The van der Waals surface area contributed by atoms with Crippen LogP contribution in [0.3, 0.4) is 0 Å². The van der Waals surface area contributed by atoms with Crippen LogP contribution in [0.15, 0.2) is 64.5 Å². The predicted molar refractivity (Wildman–Crippen MR) is 115 cm³/mol. The molecule has 1 heterocycles. The van der Waals surface area contributed by atoms with Gasteiger partial charge in [-0.25, -0.2) is 8.42 Å². The van der Waals surface area contributed by atoms with Gasteiger partial charge in [0.2, 0.25) is 15.9 Å². The maximum absolute atomic E-state index is 12.5. The molecule has 1 aliphatic heterocycles. The topological polar surface area (TPSA) is 69.7 Å². The van der Waals surface area contributed by atoms with Crippen molar-refractivity contribution in [1.82, 2.24) is 9.21 Å². The first kappa shape index (κ1) is 20.7. The summed E-state index contributed by atoms with van der Waals surface area (Å²) in [6, 6.07) is 16.7. The van der Waals surface area contributed by atoms with Gasteiger partial charge in [0.25, 0.3) is 0 Å². The highest BCUT2D eigenvalue weighted by Gasteiger charge is 2.25. The predicted octanol–water partition coefficient (Wildman–Crippen LogP) is 3.01. The zero-order chi connectivity index (χ0) is 20.0. The van der Waals surface area contributed by atoms with Crippen molar-refractivity contribution in [1.29, 1.82) is 0 Å². The molecule has 0 aliphatic carbocycles. The summed E-state index contributed by atoms with van der Waals surface area (Å²) in [6.07, 6.45) is 1.60. The van der Waals surface area contributed by atoms with E-state index < -0.39 is 10.0 Å². The number of nitrogens with zero attached hydrogens (tertiary/aromatic N) is 2. The lowest BCUT2D eigenvalue weighted by Gasteiger charge is -2.32. The van der Waals surface area contributed by atoms with Crippen LogP contribution in [0.5, 0.6) is 0 Å². The zero-order valence-corrected chi connectivity index (χ0v) is 17.7. The van der Waals surface area contributed by atoms with Gasteiger partial charge >= 0.3 is 0 Å². The molecule has 1 amide bonds. The first-order chi connectivity index (χ1) is 13.4. The lowest BCUT2D eigenvalue weighted by molar-refractivity contribution is -0.117. The van der Waals surface area contributed by atoms with E-state index in [2.05, 4.69) is 21.2 Å². The van der Waals surface area contributed by atoms with Gasteiger partial charge in [0.15, 0.2) is 0 Å². The summed E-state index contributed by atoms with van der Waals surface area (Å²) in [4.78, 5) is 14.2. The minimum Gasteiger partial charge on any atom is -0.325 e. The van der Waals surface area contributed by atoms with Crippen LogP contribution in [0, 0.1) is 0 Å². The van der Waals surface area contributed by atoms with Crippen LogP contribution in [-0.4, -0.2) is 56.3 Å². The highest BCUT2D eigenvalue weighted by atomic mass is 79.9. The molecular weight excluding hydrogens is 442 g/mol. The van der Waals surface area contributed by atoms with Crippen molar-refractivity contribution in [3.63, 3.8) is 0 Å². The first-order valence-corrected chi connectivity index (χ1v) is 11.2. The lowest BCUT2D eigenvalue weighted by atomic mass is 10.2. The highest BCUT2D eigenvalue weighted by Crippen LogP contribution is 2.15. The number of nitrogens with one attached hydrogen (secondary N) is 1. The van der Waals surface area contributed by atoms with Gasteiger partial charge in [-0.2, -0.15) is 4.31 Å². The summed E-state index contributed by atoms with van der Waals surface area (Å²) >= 11 is 3.36. The van der Waals surface area contributed by atoms with Crippen LogP contribution in [0.2, 0.25) is 0 Å². The summed E-state index contributed by atoms with van der Waals surface area (Å²) < 4.78 is 27.4. The number of hydrogen-bond acceptors (Lipinski definition) is 4. The van der Waals surface area contributed by atoms with Gasteiger partial charge in [-0.15, -0.1) is 0 Å². The largest absolute Gasteiger partial charge is 0.325 e. The van der Waals surface area contributed by atoms with Gasteiger partial charge < -0.3 is 5.32 Å². The van der Waals surface area contributed by atoms with Crippen LogP contribution in [0.1, 0.15) is 5.56 Å². The Bertz CT molecular complexity index is 923. The fourth-order valence-corrected chi connectivity index (χ4v) is 4.33. The lowest BCUT2D eigenvalue weighted by Crippen LogP contribution is -2.49. The number of piperazine rings is 1. The molecule has 2 aromatic carbocycles. The second kappa shape index (κ2) is 9.47. The summed E-state index contributed by atoms with van der Waals surface area (Å²) in [5.74, 6) is -0.109. The number of hydrogen-bond donors (Lipinski definition) is 1. The van der Waals surface area contributed by atoms with Crippen molar-refractivity contribution in [2.75, 3.05) is 38.0 Å². The number of rotatable bonds is 6. The number of sulfonamides is 1. The Morgan fingerprint density at radius 3 is 2.29 bits per heavy atom.